The topological polar surface area (TPSA) is 90.1 Å². The van der Waals surface area contributed by atoms with Crippen molar-refractivity contribution in [3.05, 3.63) is 97.4 Å². The minimum Gasteiger partial charge on any atom is -0.472 e. The van der Waals surface area contributed by atoms with E-state index in [2.05, 4.69) is 30.9 Å². The molecular formula is C27H25BrF2N4O3. The molecule has 0 aliphatic heterocycles. The van der Waals surface area contributed by atoms with Gasteiger partial charge in [-0.3, -0.25) is 9.36 Å². The van der Waals surface area contributed by atoms with E-state index in [1.165, 1.54) is 17.6 Å². The van der Waals surface area contributed by atoms with Gasteiger partial charge < -0.3 is 9.84 Å². The third-order valence-electron chi connectivity index (χ3n) is 5.81. The molecule has 0 amide bonds. The molecule has 0 aliphatic carbocycles. The number of ether oxygens (including phenoxy) is 1. The second kappa shape index (κ2) is 10.1. The van der Waals surface area contributed by atoms with Gasteiger partial charge in [-0.05, 0) is 79.9 Å². The Kier molecular flexibility index (Phi) is 7.25. The molecule has 4 rings (SSSR count). The molecule has 1 N–H and O–H groups in total. The van der Waals surface area contributed by atoms with Crippen molar-refractivity contribution in [1.29, 1.82) is 0 Å². The lowest BCUT2D eigenvalue weighted by Gasteiger charge is -2.17. The Morgan fingerprint density at radius 1 is 1.03 bits per heavy atom. The molecule has 0 fully saturated rings. The molecule has 0 unspecified atom stereocenters. The molecule has 0 saturated carbocycles. The maximum Gasteiger partial charge on any atom is 0.276 e. The molecule has 0 spiro atoms. The molecule has 0 radical (unpaired) electrons. The van der Waals surface area contributed by atoms with Crippen LogP contribution in [0.15, 0.2) is 51.9 Å². The Morgan fingerprint density at radius 2 is 1.76 bits per heavy atom. The summed E-state index contributed by atoms with van der Waals surface area (Å²) in [5, 5.41) is 10.3. The predicted molar refractivity (Wildman–Crippen MR) is 139 cm³/mol. The van der Waals surface area contributed by atoms with E-state index in [0.29, 0.717) is 17.2 Å². The van der Waals surface area contributed by atoms with Crippen LogP contribution in [-0.4, -0.2) is 24.6 Å². The van der Waals surface area contributed by atoms with Crippen molar-refractivity contribution in [1.82, 2.24) is 19.5 Å². The van der Waals surface area contributed by atoms with E-state index in [9.17, 15) is 18.7 Å². The van der Waals surface area contributed by atoms with Gasteiger partial charge in [-0.1, -0.05) is 12.1 Å². The summed E-state index contributed by atoms with van der Waals surface area (Å²) < 4.78 is 34.9. The Balaban J connectivity index is 1.72. The normalized spacial score (nSPS) is 11.6. The van der Waals surface area contributed by atoms with Crippen molar-refractivity contribution in [2.75, 3.05) is 0 Å². The Hall–Kier alpha value is -3.50. The molecule has 37 heavy (non-hydrogen) atoms. The molecule has 7 nitrogen and oxygen atoms in total. The molecule has 2 aromatic carbocycles. The summed E-state index contributed by atoms with van der Waals surface area (Å²) >= 11 is 3.28. The zero-order valence-electron chi connectivity index (χ0n) is 20.9. The number of aromatic nitrogens is 4. The monoisotopic (exact) mass is 570 g/mol. The molecule has 0 atom stereocenters. The maximum absolute atomic E-state index is 14.1. The number of hydrogen-bond acceptors (Lipinski definition) is 6. The van der Waals surface area contributed by atoms with E-state index in [1.54, 1.807) is 33.0 Å². The highest BCUT2D eigenvalue weighted by atomic mass is 79.9. The molecule has 2 aromatic heterocycles. The van der Waals surface area contributed by atoms with Crippen LogP contribution in [0, 0.1) is 32.4 Å². The molecule has 10 heteroatoms. The summed E-state index contributed by atoms with van der Waals surface area (Å²) in [5.74, 6) is -0.762. The average Bonchev–Trinajstić information content (AvgIpc) is 2.84. The van der Waals surface area contributed by atoms with E-state index in [1.807, 2.05) is 25.1 Å². The van der Waals surface area contributed by atoms with Gasteiger partial charge in [0.1, 0.15) is 34.1 Å². The molecule has 0 aliphatic rings. The van der Waals surface area contributed by atoms with Crippen LogP contribution in [-0.2, 0) is 12.2 Å². The van der Waals surface area contributed by atoms with E-state index >= 15 is 0 Å². The van der Waals surface area contributed by atoms with Gasteiger partial charge in [0.15, 0.2) is 5.82 Å². The largest absolute Gasteiger partial charge is 0.472 e. The first kappa shape index (κ1) is 26.6. The van der Waals surface area contributed by atoms with Gasteiger partial charge in [0.25, 0.3) is 5.56 Å². The standard InChI is InChI=1S/C27H25BrF2N4O3/c1-14-6-7-17(21-8-9-31-26(33-21)27(4,5)36)11-22(14)34-16(3)32-24(23(28)25(34)35)37-13-18-10-15(2)19(29)12-20(18)30/h6-12,36H,13H2,1-5H3. The number of benzene rings is 2. The fraction of sp³-hybridized carbons (Fsp3) is 0.259. The summed E-state index contributed by atoms with van der Waals surface area (Å²) in [4.78, 5) is 26.4. The molecule has 0 saturated heterocycles. The second-order valence-electron chi connectivity index (χ2n) is 9.23. The smallest absolute Gasteiger partial charge is 0.276 e. The van der Waals surface area contributed by atoms with Gasteiger partial charge in [-0.15, -0.1) is 0 Å². The fourth-order valence-corrected chi connectivity index (χ4v) is 4.14. The minimum absolute atomic E-state index is 0.000412. The van der Waals surface area contributed by atoms with Crippen molar-refractivity contribution in [3.63, 3.8) is 0 Å². The molecule has 4 aromatic rings. The van der Waals surface area contributed by atoms with E-state index in [-0.39, 0.29) is 33.9 Å². The van der Waals surface area contributed by atoms with Crippen LogP contribution in [0.1, 0.15) is 42.2 Å². The van der Waals surface area contributed by atoms with Gasteiger partial charge in [0.2, 0.25) is 5.88 Å². The summed E-state index contributed by atoms with van der Waals surface area (Å²) in [7, 11) is 0. The van der Waals surface area contributed by atoms with E-state index in [4.69, 9.17) is 4.74 Å². The summed E-state index contributed by atoms with van der Waals surface area (Å²) in [6.07, 6.45) is 1.57. The Bertz CT molecular complexity index is 1570. The number of hydrogen-bond donors (Lipinski definition) is 1. The lowest BCUT2D eigenvalue weighted by Crippen LogP contribution is -2.24. The summed E-state index contributed by atoms with van der Waals surface area (Å²) in [5.41, 5.74) is 1.51. The number of nitrogens with zero attached hydrogens (tertiary/aromatic N) is 4. The van der Waals surface area contributed by atoms with Crippen molar-refractivity contribution in [3.8, 4) is 22.8 Å². The highest BCUT2D eigenvalue weighted by molar-refractivity contribution is 9.10. The van der Waals surface area contributed by atoms with Crippen LogP contribution in [0.2, 0.25) is 0 Å². The van der Waals surface area contributed by atoms with Gasteiger partial charge in [0, 0.05) is 23.4 Å². The minimum atomic E-state index is -1.21. The number of aryl methyl sites for hydroxylation is 3. The van der Waals surface area contributed by atoms with Crippen LogP contribution in [0.3, 0.4) is 0 Å². The predicted octanol–water partition coefficient (Wildman–Crippen LogP) is 5.46. The highest BCUT2D eigenvalue weighted by Gasteiger charge is 2.21. The zero-order chi connectivity index (χ0) is 27.1. The lowest BCUT2D eigenvalue weighted by atomic mass is 10.1. The van der Waals surface area contributed by atoms with Crippen LogP contribution < -0.4 is 10.3 Å². The number of rotatable bonds is 6. The highest BCUT2D eigenvalue weighted by Crippen LogP contribution is 2.27. The van der Waals surface area contributed by atoms with Crippen LogP contribution in [0.4, 0.5) is 8.78 Å². The fourth-order valence-electron chi connectivity index (χ4n) is 3.76. The molecule has 0 bridgehead atoms. The quantitative estimate of drug-likeness (QED) is 0.331. The third-order valence-corrected chi connectivity index (χ3v) is 6.48. The van der Waals surface area contributed by atoms with Crippen molar-refractivity contribution in [2.45, 2.75) is 46.8 Å². The first-order chi connectivity index (χ1) is 17.4. The van der Waals surface area contributed by atoms with Crippen LogP contribution >= 0.6 is 15.9 Å². The number of halogens is 3. The van der Waals surface area contributed by atoms with Gasteiger partial charge in [0.05, 0.1) is 11.4 Å². The van der Waals surface area contributed by atoms with Crippen molar-refractivity contribution in [2.24, 2.45) is 0 Å². The van der Waals surface area contributed by atoms with Gasteiger partial charge in [-0.25, -0.2) is 18.7 Å². The second-order valence-corrected chi connectivity index (χ2v) is 10.0. The summed E-state index contributed by atoms with van der Waals surface area (Å²) in [6.45, 7) is 8.04. The number of aliphatic hydroxyl groups is 1. The Labute approximate surface area is 221 Å². The van der Waals surface area contributed by atoms with Gasteiger partial charge >= 0.3 is 0 Å². The molecule has 2 heterocycles. The van der Waals surface area contributed by atoms with Crippen LogP contribution in [0.25, 0.3) is 16.9 Å². The van der Waals surface area contributed by atoms with E-state index < -0.39 is 22.8 Å². The average molecular weight is 571 g/mol. The SMILES string of the molecule is Cc1cc(COc2nc(C)n(-c3cc(-c4ccnc(C(C)(C)O)n4)ccc3C)c(=O)c2Br)c(F)cc1F. The Morgan fingerprint density at radius 3 is 2.46 bits per heavy atom. The third kappa shape index (κ3) is 5.45. The summed E-state index contributed by atoms with van der Waals surface area (Å²) in [6, 6.07) is 9.43. The zero-order valence-corrected chi connectivity index (χ0v) is 22.5. The van der Waals surface area contributed by atoms with Gasteiger partial charge in [-0.2, -0.15) is 4.98 Å². The maximum atomic E-state index is 14.1. The van der Waals surface area contributed by atoms with E-state index in [0.717, 1.165) is 17.2 Å². The first-order valence-corrected chi connectivity index (χ1v) is 12.2. The lowest BCUT2D eigenvalue weighted by molar-refractivity contribution is 0.0688. The first-order valence-electron chi connectivity index (χ1n) is 11.4. The van der Waals surface area contributed by atoms with Crippen molar-refractivity contribution < 1.29 is 18.6 Å². The molecule has 192 valence electrons. The molecular weight excluding hydrogens is 546 g/mol. The van der Waals surface area contributed by atoms with Crippen molar-refractivity contribution >= 4 is 15.9 Å². The van der Waals surface area contributed by atoms with Crippen LogP contribution in [0.5, 0.6) is 5.88 Å².